The van der Waals surface area contributed by atoms with Crippen LogP contribution in [0.3, 0.4) is 0 Å². The second kappa shape index (κ2) is 8.97. The van der Waals surface area contributed by atoms with E-state index >= 15 is 0 Å². The zero-order valence-corrected chi connectivity index (χ0v) is 8.18. The van der Waals surface area contributed by atoms with Crippen molar-refractivity contribution in [3.05, 3.63) is 0 Å². The summed E-state index contributed by atoms with van der Waals surface area (Å²) < 4.78 is 5.26. The summed E-state index contributed by atoms with van der Waals surface area (Å²) in [5, 5.41) is 12.1. The third kappa shape index (κ3) is 9.88. The van der Waals surface area contributed by atoms with Crippen molar-refractivity contribution in [2.75, 3.05) is 26.3 Å². The summed E-state index contributed by atoms with van der Waals surface area (Å²) in [4.78, 5) is 0. The van der Waals surface area contributed by atoms with E-state index in [0.717, 1.165) is 39.1 Å². The lowest BCUT2D eigenvalue weighted by Gasteiger charge is -2.06. The molecule has 3 nitrogen and oxygen atoms in total. The Morgan fingerprint density at radius 2 is 2.08 bits per heavy atom. The Morgan fingerprint density at radius 3 is 2.67 bits per heavy atom. The minimum atomic E-state index is -0.200. The van der Waals surface area contributed by atoms with Crippen molar-refractivity contribution < 1.29 is 9.84 Å². The number of aliphatic hydroxyl groups excluding tert-OH is 1. The number of rotatable bonds is 8. The Kier molecular flexibility index (Phi) is 8.88. The summed E-state index contributed by atoms with van der Waals surface area (Å²) in [5.41, 5.74) is 0. The number of hydrogen-bond donors (Lipinski definition) is 2. The van der Waals surface area contributed by atoms with Gasteiger partial charge < -0.3 is 15.2 Å². The molecule has 0 fully saturated rings. The van der Waals surface area contributed by atoms with Crippen LogP contribution in [0.15, 0.2) is 0 Å². The van der Waals surface area contributed by atoms with Crippen molar-refractivity contribution in [1.82, 2.24) is 5.32 Å². The first kappa shape index (κ1) is 11.9. The molecule has 0 heterocycles. The van der Waals surface area contributed by atoms with Crippen molar-refractivity contribution in [2.45, 2.75) is 32.8 Å². The predicted molar refractivity (Wildman–Crippen MR) is 50.3 cm³/mol. The van der Waals surface area contributed by atoms with Crippen molar-refractivity contribution in [3.8, 4) is 0 Å². The fourth-order valence-corrected chi connectivity index (χ4v) is 0.827. The van der Waals surface area contributed by atoms with Gasteiger partial charge in [0, 0.05) is 13.2 Å². The molecule has 0 radical (unpaired) electrons. The standard InChI is InChI=1S/C9H21NO2/c1-3-7-12-8-6-10-5-4-9(2)11/h9-11H,3-8H2,1-2H3. The number of ether oxygens (including phenoxy) is 1. The number of nitrogens with one attached hydrogen (secondary N) is 1. The van der Waals surface area contributed by atoms with E-state index < -0.39 is 0 Å². The van der Waals surface area contributed by atoms with Gasteiger partial charge >= 0.3 is 0 Å². The van der Waals surface area contributed by atoms with Gasteiger partial charge in [-0.3, -0.25) is 0 Å². The monoisotopic (exact) mass is 175 g/mol. The van der Waals surface area contributed by atoms with E-state index in [4.69, 9.17) is 9.84 Å². The molecule has 0 bridgehead atoms. The second-order valence-electron chi connectivity index (χ2n) is 3.00. The number of hydrogen-bond acceptors (Lipinski definition) is 3. The third-order valence-corrected chi connectivity index (χ3v) is 1.51. The van der Waals surface area contributed by atoms with Crippen molar-refractivity contribution in [1.29, 1.82) is 0 Å². The molecule has 0 aliphatic heterocycles. The molecule has 0 aliphatic rings. The Bertz CT molecular complexity index is 86.6. The molecule has 0 saturated carbocycles. The van der Waals surface area contributed by atoms with Gasteiger partial charge in [0.1, 0.15) is 0 Å². The first-order valence-electron chi connectivity index (χ1n) is 4.74. The fourth-order valence-electron chi connectivity index (χ4n) is 0.827. The van der Waals surface area contributed by atoms with E-state index in [9.17, 15) is 0 Å². The van der Waals surface area contributed by atoms with Crippen LogP contribution in [0.1, 0.15) is 26.7 Å². The summed E-state index contributed by atoms with van der Waals surface area (Å²) in [5.74, 6) is 0. The molecule has 0 rings (SSSR count). The molecule has 12 heavy (non-hydrogen) atoms. The lowest BCUT2D eigenvalue weighted by atomic mass is 10.3. The maximum Gasteiger partial charge on any atom is 0.0590 e. The highest BCUT2D eigenvalue weighted by atomic mass is 16.5. The summed E-state index contributed by atoms with van der Waals surface area (Å²) in [6, 6.07) is 0. The lowest BCUT2D eigenvalue weighted by molar-refractivity contribution is 0.134. The van der Waals surface area contributed by atoms with Crippen LogP contribution in [0, 0.1) is 0 Å². The van der Waals surface area contributed by atoms with Crippen molar-refractivity contribution in [2.24, 2.45) is 0 Å². The quantitative estimate of drug-likeness (QED) is 0.535. The van der Waals surface area contributed by atoms with Crippen LogP contribution in [-0.2, 0) is 4.74 Å². The number of aliphatic hydroxyl groups is 1. The topological polar surface area (TPSA) is 41.5 Å². The maximum absolute atomic E-state index is 8.92. The highest BCUT2D eigenvalue weighted by Gasteiger charge is 1.93. The summed E-state index contributed by atoms with van der Waals surface area (Å²) in [6.45, 7) is 7.27. The Hall–Kier alpha value is -0.120. The Balaban J connectivity index is 2.82. The van der Waals surface area contributed by atoms with E-state index in [-0.39, 0.29) is 6.10 Å². The van der Waals surface area contributed by atoms with Gasteiger partial charge in [0.15, 0.2) is 0 Å². The van der Waals surface area contributed by atoms with E-state index in [1.54, 1.807) is 6.92 Å². The van der Waals surface area contributed by atoms with Crippen LogP contribution in [0.4, 0.5) is 0 Å². The molecule has 0 aromatic heterocycles. The molecular formula is C9H21NO2. The molecule has 0 aliphatic carbocycles. The minimum absolute atomic E-state index is 0.200. The van der Waals surface area contributed by atoms with Crippen LogP contribution in [0.2, 0.25) is 0 Å². The van der Waals surface area contributed by atoms with Crippen LogP contribution in [-0.4, -0.2) is 37.5 Å². The molecule has 0 amide bonds. The fraction of sp³-hybridized carbons (Fsp3) is 1.00. The van der Waals surface area contributed by atoms with Gasteiger partial charge in [-0.15, -0.1) is 0 Å². The summed E-state index contributed by atoms with van der Waals surface area (Å²) in [6.07, 6.45) is 1.69. The normalized spacial score (nSPS) is 13.2. The van der Waals surface area contributed by atoms with Crippen molar-refractivity contribution >= 4 is 0 Å². The molecule has 0 spiro atoms. The van der Waals surface area contributed by atoms with E-state index in [0.29, 0.717) is 0 Å². The van der Waals surface area contributed by atoms with Gasteiger partial charge in [-0.2, -0.15) is 0 Å². The molecule has 0 aromatic rings. The molecule has 1 unspecified atom stereocenters. The molecule has 0 aromatic carbocycles. The second-order valence-corrected chi connectivity index (χ2v) is 3.00. The van der Waals surface area contributed by atoms with Crippen LogP contribution in [0.25, 0.3) is 0 Å². The smallest absolute Gasteiger partial charge is 0.0590 e. The molecule has 74 valence electrons. The summed E-state index contributed by atoms with van der Waals surface area (Å²) in [7, 11) is 0. The zero-order chi connectivity index (χ0) is 9.23. The van der Waals surface area contributed by atoms with Gasteiger partial charge in [-0.05, 0) is 26.3 Å². The zero-order valence-electron chi connectivity index (χ0n) is 8.18. The average molecular weight is 175 g/mol. The van der Waals surface area contributed by atoms with Gasteiger partial charge in [0.25, 0.3) is 0 Å². The highest BCUT2D eigenvalue weighted by molar-refractivity contribution is 4.51. The third-order valence-electron chi connectivity index (χ3n) is 1.51. The van der Waals surface area contributed by atoms with Crippen LogP contribution in [0.5, 0.6) is 0 Å². The van der Waals surface area contributed by atoms with E-state index in [2.05, 4.69) is 12.2 Å². The average Bonchev–Trinajstić information content (AvgIpc) is 2.02. The lowest BCUT2D eigenvalue weighted by Crippen LogP contribution is -2.23. The van der Waals surface area contributed by atoms with Gasteiger partial charge in [-0.1, -0.05) is 6.92 Å². The van der Waals surface area contributed by atoms with Crippen molar-refractivity contribution in [3.63, 3.8) is 0 Å². The minimum Gasteiger partial charge on any atom is -0.393 e. The SMILES string of the molecule is CCCOCCNCCC(C)O. The largest absolute Gasteiger partial charge is 0.393 e. The molecule has 0 saturated heterocycles. The molecule has 1 atom stereocenters. The molecule has 2 N–H and O–H groups in total. The van der Waals surface area contributed by atoms with E-state index in [1.165, 1.54) is 0 Å². The maximum atomic E-state index is 8.92. The van der Waals surface area contributed by atoms with Gasteiger partial charge in [-0.25, -0.2) is 0 Å². The van der Waals surface area contributed by atoms with Gasteiger partial charge in [0.2, 0.25) is 0 Å². The predicted octanol–water partition coefficient (Wildman–Crippen LogP) is 0.774. The Morgan fingerprint density at radius 1 is 1.33 bits per heavy atom. The Labute approximate surface area is 75.1 Å². The first-order chi connectivity index (χ1) is 5.77. The van der Waals surface area contributed by atoms with Crippen LogP contribution < -0.4 is 5.32 Å². The molecule has 3 heteroatoms. The van der Waals surface area contributed by atoms with E-state index in [1.807, 2.05) is 0 Å². The first-order valence-corrected chi connectivity index (χ1v) is 4.74. The highest BCUT2D eigenvalue weighted by Crippen LogP contribution is 1.85. The molecular weight excluding hydrogens is 154 g/mol. The summed E-state index contributed by atoms with van der Waals surface area (Å²) >= 11 is 0. The van der Waals surface area contributed by atoms with Crippen LogP contribution >= 0.6 is 0 Å². The van der Waals surface area contributed by atoms with Gasteiger partial charge in [0.05, 0.1) is 12.7 Å².